The van der Waals surface area contributed by atoms with E-state index in [-0.39, 0.29) is 43.4 Å². The average Bonchev–Trinajstić information content (AvgIpc) is 3.53. The van der Waals surface area contributed by atoms with Gasteiger partial charge in [-0.1, -0.05) is 48.5 Å². The molecule has 0 saturated heterocycles. The molecule has 1 aromatic heterocycles. The van der Waals surface area contributed by atoms with Crippen molar-refractivity contribution in [2.75, 3.05) is 24.6 Å². The molecular weight excluding hydrogens is 452 g/mol. The number of aliphatic hydroxyl groups excluding tert-OH is 1. The Hall–Kier alpha value is -4.18. The number of aliphatic hydroxyl groups is 1. The van der Waals surface area contributed by atoms with Gasteiger partial charge in [0.25, 0.3) is 0 Å². The van der Waals surface area contributed by atoms with Gasteiger partial charge in [0.1, 0.15) is 18.0 Å². The summed E-state index contributed by atoms with van der Waals surface area (Å²) >= 11 is 0. The van der Waals surface area contributed by atoms with E-state index in [1.165, 1.54) is 15.8 Å². The monoisotopic (exact) mass is 476 g/mol. The van der Waals surface area contributed by atoms with E-state index in [2.05, 4.69) is 10.4 Å². The van der Waals surface area contributed by atoms with E-state index in [1.807, 2.05) is 48.5 Å². The molecule has 2 heterocycles. The maximum atomic E-state index is 12.7. The summed E-state index contributed by atoms with van der Waals surface area (Å²) in [5, 5.41) is 26.1. The van der Waals surface area contributed by atoms with Crippen molar-refractivity contribution in [3.63, 3.8) is 0 Å². The van der Waals surface area contributed by atoms with Crippen LogP contribution in [0.5, 0.6) is 0 Å². The number of anilines is 1. The normalized spacial score (nSPS) is 14.7. The first kappa shape index (κ1) is 22.6. The lowest BCUT2D eigenvalue weighted by molar-refractivity contribution is -0.120. The summed E-state index contributed by atoms with van der Waals surface area (Å²) in [4.78, 5) is 37.6. The second-order valence-corrected chi connectivity index (χ2v) is 8.52. The number of carbonyl (C=O) groups is 3. The van der Waals surface area contributed by atoms with Crippen molar-refractivity contribution in [3.8, 4) is 11.1 Å². The highest BCUT2D eigenvalue weighted by atomic mass is 16.5. The van der Waals surface area contributed by atoms with Gasteiger partial charge in [-0.15, -0.1) is 0 Å². The molecule has 10 nitrogen and oxygen atoms in total. The molecule has 2 aliphatic rings. The van der Waals surface area contributed by atoms with Crippen LogP contribution in [0.4, 0.5) is 10.6 Å². The summed E-state index contributed by atoms with van der Waals surface area (Å²) in [5.74, 6) is -1.50. The number of nitrogens with one attached hydrogen (secondary N) is 1. The number of amides is 2. The van der Waals surface area contributed by atoms with Crippen molar-refractivity contribution < 1.29 is 29.3 Å². The van der Waals surface area contributed by atoms with Gasteiger partial charge in [0.2, 0.25) is 5.91 Å². The molecule has 3 N–H and O–H groups in total. The maximum Gasteiger partial charge on any atom is 0.407 e. The Balaban J connectivity index is 1.13. The quantitative estimate of drug-likeness (QED) is 0.476. The fourth-order valence-electron chi connectivity index (χ4n) is 4.76. The van der Waals surface area contributed by atoms with Crippen molar-refractivity contribution in [2.45, 2.75) is 25.0 Å². The van der Waals surface area contributed by atoms with Crippen LogP contribution in [-0.2, 0) is 16.1 Å². The molecule has 0 spiro atoms. The molecule has 180 valence electrons. The van der Waals surface area contributed by atoms with Gasteiger partial charge in [-0.25, -0.2) is 14.3 Å². The van der Waals surface area contributed by atoms with Gasteiger partial charge < -0.3 is 20.3 Å². The molecule has 35 heavy (non-hydrogen) atoms. The lowest BCUT2D eigenvalue weighted by Crippen LogP contribution is -2.38. The first-order chi connectivity index (χ1) is 16.9. The molecule has 0 fully saturated rings. The number of nitrogens with zero attached hydrogens (tertiary/aromatic N) is 3. The van der Waals surface area contributed by atoms with E-state index in [0.29, 0.717) is 6.54 Å². The number of carbonyl (C=O) groups excluding carboxylic acids is 2. The zero-order chi connectivity index (χ0) is 24.5. The minimum atomic E-state index is -1.18. The molecule has 1 atom stereocenters. The summed E-state index contributed by atoms with van der Waals surface area (Å²) in [6.07, 6.45) is -0.931. The minimum absolute atomic E-state index is 0.0675. The highest BCUT2D eigenvalue weighted by molar-refractivity contribution is 6.01. The second-order valence-electron chi connectivity index (χ2n) is 8.52. The fourth-order valence-corrected chi connectivity index (χ4v) is 4.76. The number of rotatable bonds is 7. The van der Waals surface area contributed by atoms with Crippen LogP contribution in [0.25, 0.3) is 11.1 Å². The Bertz CT molecular complexity index is 1260. The number of carboxylic acid groups (broad SMARTS) is 1. The second kappa shape index (κ2) is 9.22. The van der Waals surface area contributed by atoms with Crippen molar-refractivity contribution in [1.82, 2.24) is 15.1 Å². The number of hydrogen-bond donors (Lipinski definition) is 3. The Kier molecular flexibility index (Phi) is 5.96. The van der Waals surface area contributed by atoms with Crippen LogP contribution in [0, 0.1) is 0 Å². The zero-order valence-electron chi connectivity index (χ0n) is 18.8. The third kappa shape index (κ3) is 4.24. The van der Waals surface area contributed by atoms with Gasteiger partial charge in [0, 0.05) is 19.0 Å². The van der Waals surface area contributed by atoms with E-state index >= 15 is 0 Å². The van der Waals surface area contributed by atoms with E-state index in [4.69, 9.17) is 4.74 Å². The highest BCUT2D eigenvalue weighted by Crippen LogP contribution is 2.44. The molecule has 1 aliphatic heterocycles. The number of carboxylic acids is 1. The van der Waals surface area contributed by atoms with Crippen molar-refractivity contribution >= 4 is 23.8 Å². The molecule has 3 aromatic rings. The van der Waals surface area contributed by atoms with Crippen LogP contribution in [0.3, 0.4) is 0 Å². The molecule has 1 unspecified atom stereocenters. The molecule has 1 aliphatic carbocycles. The number of ether oxygens (including phenoxy) is 1. The van der Waals surface area contributed by atoms with E-state index in [9.17, 15) is 24.6 Å². The Morgan fingerprint density at radius 2 is 1.71 bits per heavy atom. The summed E-state index contributed by atoms with van der Waals surface area (Å²) in [7, 11) is 0. The number of hydrogen-bond acceptors (Lipinski definition) is 6. The SMILES string of the molecule is O=C(NCC(O)CC(=O)N1CCn2ncc(C(=O)O)c21)OCC1c2ccccc2-c2ccccc21. The molecule has 5 rings (SSSR count). The Labute approximate surface area is 200 Å². The topological polar surface area (TPSA) is 134 Å². The molecule has 10 heteroatoms. The van der Waals surface area contributed by atoms with E-state index in [0.717, 1.165) is 22.3 Å². The maximum absolute atomic E-state index is 12.7. The third-order valence-corrected chi connectivity index (χ3v) is 6.37. The van der Waals surface area contributed by atoms with Crippen molar-refractivity contribution in [2.24, 2.45) is 0 Å². The van der Waals surface area contributed by atoms with Crippen LogP contribution in [0.1, 0.15) is 33.8 Å². The van der Waals surface area contributed by atoms with Gasteiger partial charge in [-0.2, -0.15) is 5.10 Å². The summed E-state index contributed by atoms with van der Waals surface area (Å²) in [6.45, 7) is 0.614. The van der Waals surface area contributed by atoms with Crippen LogP contribution in [0.2, 0.25) is 0 Å². The lowest BCUT2D eigenvalue weighted by atomic mass is 9.98. The number of aromatic carboxylic acids is 1. The van der Waals surface area contributed by atoms with Gasteiger partial charge >= 0.3 is 12.1 Å². The summed E-state index contributed by atoms with van der Waals surface area (Å²) in [6, 6.07) is 16.0. The summed E-state index contributed by atoms with van der Waals surface area (Å²) < 4.78 is 6.89. The molecule has 0 radical (unpaired) electrons. The van der Waals surface area contributed by atoms with Crippen molar-refractivity contribution in [3.05, 3.63) is 71.4 Å². The Morgan fingerprint density at radius 3 is 2.37 bits per heavy atom. The first-order valence-electron chi connectivity index (χ1n) is 11.3. The largest absolute Gasteiger partial charge is 0.477 e. The smallest absolute Gasteiger partial charge is 0.407 e. The molecule has 0 bridgehead atoms. The van der Waals surface area contributed by atoms with Crippen LogP contribution in [-0.4, -0.2) is 63.8 Å². The van der Waals surface area contributed by atoms with Gasteiger partial charge in [-0.05, 0) is 22.3 Å². The minimum Gasteiger partial charge on any atom is -0.477 e. The van der Waals surface area contributed by atoms with Gasteiger partial charge in [0.05, 0.1) is 25.3 Å². The number of fused-ring (bicyclic) bond motifs is 4. The molecule has 2 amide bonds. The third-order valence-electron chi connectivity index (χ3n) is 6.37. The lowest BCUT2D eigenvalue weighted by Gasteiger charge is -2.19. The number of benzene rings is 2. The van der Waals surface area contributed by atoms with Gasteiger partial charge in [-0.3, -0.25) is 9.69 Å². The predicted octanol–water partition coefficient (Wildman–Crippen LogP) is 2.22. The highest BCUT2D eigenvalue weighted by Gasteiger charge is 2.32. The standard InChI is InChI=1S/C25H24N4O6/c30-15(11-22(31)28-9-10-29-23(28)20(13-27-29)24(32)33)12-26-25(34)35-14-21-18-7-3-1-5-16(18)17-6-2-4-8-19(17)21/h1-8,13,15,21,30H,9-12,14H2,(H,26,34)(H,32,33). The van der Waals surface area contributed by atoms with Gasteiger partial charge in [0.15, 0.2) is 0 Å². The number of alkyl carbamates (subject to hydrolysis) is 1. The molecule has 2 aromatic carbocycles. The van der Waals surface area contributed by atoms with Crippen LogP contribution in [0.15, 0.2) is 54.7 Å². The van der Waals surface area contributed by atoms with Crippen molar-refractivity contribution in [1.29, 1.82) is 0 Å². The number of aromatic nitrogens is 2. The molecule has 0 saturated carbocycles. The van der Waals surface area contributed by atoms with E-state index in [1.54, 1.807) is 0 Å². The summed E-state index contributed by atoms with van der Waals surface area (Å²) in [5.41, 5.74) is 4.37. The zero-order valence-corrected chi connectivity index (χ0v) is 18.8. The Morgan fingerprint density at radius 1 is 1.06 bits per heavy atom. The predicted molar refractivity (Wildman–Crippen MR) is 125 cm³/mol. The molecular formula is C25H24N4O6. The van der Waals surface area contributed by atoms with E-state index < -0.39 is 24.1 Å². The first-order valence-corrected chi connectivity index (χ1v) is 11.3. The van der Waals surface area contributed by atoms with Crippen LogP contribution >= 0.6 is 0 Å². The van der Waals surface area contributed by atoms with Crippen LogP contribution < -0.4 is 10.2 Å². The fraction of sp³-hybridized carbons (Fsp3) is 0.280. The average molecular weight is 476 g/mol.